The molecule has 0 heterocycles. The Morgan fingerprint density at radius 1 is 1.33 bits per heavy atom. The van der Waals surface area contributed by atoms with Crippen LogP contribution in [-0.4, -0.2) is 34.8 Å². The quantitative estimate of drug-likeness (QED) is 0.768. The van der Waals surface area contributed by atoms with Crippen LogP contribution in [0.2, 0.25) is 0 Å². The summed E-state index contributed by atoms with van der Waals surface area (Å²) in [6.07, 6.45) is 1.38. The summed E-state index contributed by atoms with van der Waals surface area (Å²) in [5.74, 6) is -0.369. The van der Waals surface area contributed by atoms with Crippen molar-refractivity contribution in [2.24, 2.45) is 0 Å². The van der Waals surface area contributed by atoms with Crippen LogP contribution in [0.15, 0.2) is 24.3 Å². The van der Waals surface area contributed by atoms with E-state index in [2.05, 4.69) is 5.32 Å². The van der Waals surface area contributed by atoms with Crippen molar-refractivity contribution < 1.29 is 12.8 Å². The lowest BCUT2D eigenvalue weighted by Crippen LogP contribution is -2.29. The first kappa shape index (κ1) is 14.9. The summed E-state index contributed by atoms with van der Waals surface area (Å²) in [5, 5.41) is 2.96. The van der Waals surface area contributed by atoms with E-state index in [0.717, 1.165) is 17.3 Å². The zero-order valence-corrected chi connectivity index (χ0v) is 11.5. The van der Waals surface area contributed by atoms with E-state index < -0.39 is 15.8 Å². The number of benzene rings is 1. The number of nitrogens with zero attached hydrogens (tertiary/aromatic N) is 1. The van der Waals surface area contributed by atoms with Gasteiger partial charge in [-0.25, -0.2) is 12.8 Å². The van der Waals surface area contributed by atoms with Crippen molar-refractivity contribution in [3.05, 3.63) is 30.1 Å². The van der Waals surface area contributed by atoms with E-state index >= 15 is 0 Å². The summed E-state index contributed by atoms with van der Waals surface area (Å²) in [6.45, 7) is 0.791. The molecule has 0 saturated heterocycles. The highest BCUT2D eigenvalue weighted by Crippen LogP contribution is 2.17. The molecule has 1 N–H and O–H groups in total. The van der Waals surface area contributed by atoms with Gasteiger partial charge in [0.15, 0.2) is 0 Å². The Morgan fingerprint density at radius 3 is 2.67 bits per heavy atom. The van der Waals surface area contributed by atoms with Gasteiger partial charge >= 0.3 is 0 Å². The standard InChI is InChI=1S/C12H19FN2O2S/c1-14-8-3-4-9-18(16,17)15(2)12-7-5-6-11(13)10-12/h5-7,10,14H,3-4,8-9H2,1-2H3. The fourth-order valence-electron chi connectivity index (χ4n) is 1.56. The Kier molecular flexibility index (Phi) is 5.55. The van der Waals surface area contributed by atoms with E-state index in [-0.39, 0.29) is 5.75 Å². The SMILES string of the molecule is CNCCCCS(=O)(=O)N(C)c1cccc(F)c1. The van der Waals surface area contributed by atoms with Crippen LogP contribution in [0.5, 0.6) is 0 Å². The van der Waals surface area contributed by atoms with Gasteiger partial charge < -0.3 is 5.32 Å². The predicted molar refractivity (Wildman–Crippen MR) is 71.8 cm³/mol. The van der Waals surface area contributed by atoms with Crippen LogP contribution < -0.4 is 9.62 Å². The summed E-state index contributed by atoms with van der Waals surface area (Å²) in [6, 6.07) is 5.58. The Morgan fingerprint density at radius 2 is 2.06 bits per heavy atom. The molecule has 0 spiro atoms. The molecule has 4 nitrogen and oxygen atoms in total. The minimum Gasteiger partial charge on any atom is -0.320 e. The minimum absolute atomic E-state index is 0.0711. The molecule has 1 aromatic carbocycles. The summed E-state index contributed by atoms with van der Waals surface area (Å²) < 4.78 is 38.1. The van der Waals surface area contributed by atoms with Crippen molar-refractivity contribution in [2.75, 3.05) is 30.7 Å². The number of anilines is 1. The van der Waals surface area contributed by atoms with Gasteiger partial charge in [0.1, 0.15) is 5.82 Å². The Bertz CT molecular complexity index is 477. The molecule has 0 atom stereocenters. The molecule has 0 aromatic heterocycles. The molecule has 0 saturated carbocycles. The maximum Gasteiger partial charge on any atom is 0.234 e. The molecular weight excluding hydrogens is 255 g/mol. The summed E-state index contributed by atoms with van der Waals surface area (Å²) in [4.78, 5) is 0. The van der Waals surface area contributed by atoms with Gasteiger partial charge in [-0.2, -0.15) is 0 Å². The van der Waals surface area contributed by atoms with Crippen LogP contribution in [-0.2, 0) is 10.0 Å². The second kappa shape index (κ2) is 6.70. The third-order valence-electron chi connectivity index (χ3n) is 2.67. The molecule has 0 bridgehead atoms. The van der Waals surface area contributed by atoms with Gasteiger partial charge in [-0.3, -0.25) is 4.31 Å². The van der Waals surface area contributed by atoms with Gasteiger partial charge in [0.05, 0.1) is 11.4 Å². The highest BCUT2D eigenvalue weighted by atomic mass is 32.2. The van der Waals surface area contributed by atoms with E-state index in [9.17, 15) is 12.8 Å². The highest BCUT2D eigenvalue weighted by Gasteiger charge is 2.17. The maximum absolute atomic E-state index is 13.0. The predicted octanol–water partition coefficient (Wildman–Crippen LogP) is 1.59. The van der Waals surface area contributed by atoms with E-state index in [1.165, 1.54) is 25.2 Å². The first-order valence-corrected chi connectivity index (χ1v) is 7.45. The van der Waals surface area contributed by atoms with Crippen LogP contribution in [0.1, 0.15) is 12.8 Å². The topological polar surface area (TPSA) is 49.4 Å². The zero-order valence-electron chi connectivity index (χ0n) is 10.7. The lowest BCUT2D eigenvalue weighted by molar-refractivity contribution is 0.588. The highest BCUT2D eigenvalue weighted by molar-refractivity contribution is 7.92. The van der Waals surface area contributed by atoms with Gasteiger partial charge in [0.25, 0.3) is 0 Å². The molecule has 1 aromatic rings. The van der Waals surface area contributed by atoms with Crippen LogP contribution in [0, 0.1) is 5.82 Å². The smallest absolute Gasteiger partial charge is 0.234 e. The van der Waals surface area contributed by atoms with Crippen LogP contribution in [0.3, 0.4) is 0 Å². The molecule has 0 unspecified atom stereocenters. The number of rotatable bonds is 7. The Hall–Kier alpha value is -1.14. The molecule has 0 aliphatic carbocycles. The number of sulfonamides is 1. The fourth-order valence-corrected chi connectivity index (χ4v) is 2.83. The molecule has 6 heteroatoms. The van der Waals surface area contributed by atoms with Gasteiger partial charge in [0, 0.05) is 7.05 Å². The third-order valence-corrected chi connectivity index (χ3v) is 4.52. The van der Waals surface area contributed by atoms with E-state index in [0.29, 0.717) is 12.1 Å². The molecular formula is C12H19FN2O2S. The number of hydrogen-bond acceptors (Lipinski definition) is 3. The maximum atomic E-state index is 13.0. The van der Waals surface area contributed by atoms with Crippen LogP contribution in [0.4, 0.5) is 10.1 Å². The molecule has 0 fully saturated rings. The number of hydrogen-bond donors (Lipinski definition) is 1. The van der Waals surface area contributed by atoms with Gasteiger partial charge in [-0.05, 0) is 44.6 Å². The number of halogens is 1. The lowest BCUT2D eigenvalue weighted by Gasteiger charge is -2.19. The van der Waals surface area contributed by atoms with Gasteiger partial charge in [-0.1, -0.05) is 6.07 Å². The number of unbranched alkanes of at least 4 members (excludes halogenated alkanes) is 1. The Balaban J connectivity index is 2.67. The lowest BCUT2D eigenvalue weighted by atomic mass is 10.3. The first-order chi connectivity index (χ1) is 8.47. The molecule has 1 rings (SSSR count). The van der Waals surface area contributed by atoms with Gasteiger partial charge in [0.2, 0.25) is 10.0 Å². The first-order valence-electron chi connectivity index (χ1n) is 5.84. The van der Waals surface area contributed by atoms with Crippen molar-refractivity contribution in [1.82, 2.24) is 5.32 Å². The molecule has 102 valence electrons. The molecule has 0 amide bonds. The zero-order chi connectivity index (χ0) is 13.6. The van der Waals surface area contributed by atoms with Crippen molar-refractivity contribution in [3.63, 3.8) is 0 Å². The third kappa shape index (κ3) is 4.27. The van der Waals surface area contributed by atoms with Crippen molar-refractivity contribution in [1.29, 1.82) is 0 Å². The van der Waals surface area contributed by atoms with Crippen molar-refractivity contribution in [3.8, 4) is 0 Å². The van der Waals surface area contributed by atoms with Crippen molar-refractivity contribution in [2.45, 2.75) is 12.8 Å². The summed E-state index contributed by atoms with van der Waals surface area (Å²) in [5.41, 5.74) is 0.351. The fraction of sp³-hybridized carbons (Fsp3) is 0.500. The molecule has 0 aliphatic heterocycles. The monoisotopic (exact) mass is 274 g/mol. The molecule has 0 radical (unpaired) electrons. The second-order valence-corrected chi connectivity index (χ2v) is 6.19. The van der Waals surface area contributed by atoms with Crippen LogP contribution >= 0.6 is 0 Å². The average molecular weight is 274 g/mol. The molecule has 0 aliphatic rings. The largest absolute Gasteiger partial charge is 0.320 e. The molecule has 18 heavy (non-hydrogen) atoms. The number of nitrogens with one attached hydrogen (secondary N) is 1. The minimum atomic E-state index is -3.37. The van der Waals surface area contributed by atoms with Crippen LogP contribution in [0.25, 0.3) is 0 Å². The summed E-state index contributed by atoms with van der Waals surface area (Å²) >= 11 is 0. The summed E-state index contributed by atoms with van der Waals surface area (Å²) in [7, 11) is -0.0983. The van der Waals surface area contributed by atoms with E-state index in [1.807, 2.05) is 7.05 Å². The van der Waals surface area contributed by atoms with Gasteiger partial charge in [-0.15, -0.1) is 0 Å². The normalized spacial score (nSPS) is 11.5. The Labute approximate surface area is 108 Å². The van der Waals surface area contributed by atoms with E-state index in [4.69, 9.17) is 0 Å². The second-order valence-electron chi connectivity index (χ2n) is 4.07. The van der Waals surface area contributed by atoms with E-state index in [1.54, 1.807) is 6.07 Å². The average Bonchev–Trinajstić information content (AvgIpc) is 2.34. The van der Waals surface area contributed by atoms with Crippen molar-refractivity contribution >= 4 is 15.7 Å².